The quantitative estimate of drug-likeness (QED) is 0.719. The SMILES string of the molecule is CC(NC(=O)CCC(=O)Nc1ccc(Cl)c(C(F)(F)F)c1)C(=O)N1CCCCC1. The van der Waals surface area contributed by atoms with E-state index in [1.807, 2.05) is 0 Å². The van der Waals surface area contributed by atoms with E-state index in [1.54, 1.807) is 11.8 Å². The predicted octanol–water partition coefficient (Wildman–Crippen LogP) is 3.59. The molecule has 0 saturated carbocycles. The summed E-state index contributed by atoms with van der Waals surface area (Å²) < 4.78 is 38.6. The standard InChI is InChI=1S/C19H23ClF3N3O3/c1-12(18(29)26-9-3-2-4-10-26)24-16(27)7-8-17(28)25-13-5-6-15(20)14(11-13)19(21,22)23/h5-6,11-12H,2-4,7-10H2,1H3,(H,24,27)(H,25,28). The lowest BCUT2D eigenvalue weighted by molar-refractivity contribution is -0.137. The van der Waals surface area contributed by atoms with E-state index in [0.717, 1.165) is 31.4 Å². The first-order valence-electron chi connectivity index (χ1n) is 9.32. The Morgan fingerprint density at radius 1 is 1.10 bits per heavy atom. The van der Waals surface area contributed by atoms with Crippen LogP contribution in [0.5, 0.6) is 0 Å². The van der Waals surface area contributed by atoms with Crippen molar-refractivity contribution in [2.45, 2.75) is 51.2 Å². The molecule has 1 saturated heterocycles. The Morgan fingerprint density at radius 3 is 2.34 bits per heavy atom. The zero-order valence-corrected chi connectivity index (χ0v) is 16.7. The van der Waals surface area contributed by atoms with Gasteiger partial charge in [-0.25, -0.2) is 0 Å². The fraction of sp³-hybridized carbons (Fsp3) is 0.526. The van der Waals surface area contributed by atoms with Crippen LogP contribution in [0.1, 0.15) is 44.6 Å². The molecular weight excluding hydrogens is 411 g/mol. The minimum Gasteiger partial charge on any atom is -0.345 e. The second-order valence-electron chi connectivity index (χ2n) is 6.92. The highest BCUT2D eigenvalue weighted by atomic mass is 35.5. The molecule has 160 valence electrons. The van der Waals surface area contributed by atoms with Gasteiger partial charge < -0.3 is 15.5 Å². The van der Waals surface area contributed by atoms with Crippen LogP contribution in [0, 0.1) is 0 Å². The van der Waals surface area contributed by atoms with Crippen LogP contribution in [-0.2, 0) is 20.6 Å². The number of anilines is 1. The maximum Gasteiger partial charge on any atom is 0.417 e. The molecular formula is C19H23ClF3N3O3. The van der Waals surface area contributed by atoms with Crippen molar-refractivity contribution in [3.05, 3.63) is 28.8 Å². The molecule has 1 atom stereocenters. The first kappa shape index (κ1) is 23.0. The second kappa shape index (κ2) is 9.96. The fourth-order valence-electron chi connectivity index (χ4n) is 3.03. The van der Waals surface area contributed by atoms with Gasteiger partial charge in [0.05, 0.1) is 10.6 Å². The number of likely N-dealkylation sites (tertiary alicyclic amines) is 1. The number of alkyl halides is 3. The summed E-state index contributed by atoms with van der Waals surface area (Å²) in [6.07, 6.45) is -2.11. The van der Waals surface area contributed by atoms with Gasteiger partial charge >= 0.3 is 6.18 Å². The molecule has 0 aliphatic carbocycles. The molecule has 1 unspecified atom stereocenters. The molecule has 1 heterocycles. The van der Waals surface area contributed by atoms with Crippen molar-refractivity contribution in [3.8, 4) is 0 Å². The van der Waals surface area contributed by atoms with Crippen LogP contribution < -0.4 is 10.6 Å². The van der Waals surface area contributed by atoms with Gasteiger partial charge in [0.25, 0.3) is 0 Å². The summed E-state index contributed by atoms with van der Waals surface area (Å²) in [6, 6.07) is 2.32. The number of nitrogens with one attached hydrogen (secondary N) is 2. The molecule has 1 aliphatic heterocycles. The van der Waals surface area contributed by atoms with Crippen LogP contribution in [0.2, 0.25) is 5.02 Å². The lowest BCUT2D eigenvalue weighted by Crippen LogP contribution is -2.48. The first-order chi connectivity index (χ1) is 13.6. The molecule has 0 radical (unpaired) electrons. The molecule has 0 spiro atoms. The van der Waals surface area contributed by atoms with Gasteiger partial charge in [-0.2, -0.15) is 13.2 Å². The molecule has 1 fully saturated rings. The molecule has 2 N–H and O–H groups in total. The normalized spacial score (nSPS) is 15.6. The molecule has 10 heteroatoms. The van der Waals surface area contributed by atoms with Crippen molar-refractivity contribution in [2.24, 2.45) is 0 Å². The van der Waals surface area contributed by atoms with Gasteiger partial charge in [-0.15, -0.1) is 0 Å². The van der Waals surface area contributed by atoms with Crippen molar-refractivity contribution in [3.63, 3.8) is 0 Å². The number of halogens is 4. The molecule has 0 bridgehead atoms. The average molecular weight is 434 g/mol. The summed E-state index contributed by atoms with van der Waals surface area (Å²) in [4.78, 5) is 37.9. The maximum absolute atomic E-state index is 12.9. The lowest BCUT2D eigenvalue weighted by Gasteiger charge is -2.29. The lowest BCUT2D eigenvalue weighted by atomic mass is 10.1. The molecule has 1 aromatic carbocycles. The number of nitrogens with zero attached hydrogens (tertiary/aromatic N) is 1. The number of rotatable bonds is 6. The molecule has 1 aliphatic rings. The highest BCUT2D eigenvalue weighted by molar-refractivity contribution is 6.31. The Bertz CT molecular complexity index is 765. The van der Waals surface area contributed by atoms with Gasteiger partial charge in [0.1, 0.15) is 6.04 Å². The van der Waals surface area contributed by atoms with Crippen molar-refractivity contribution in [2.75, 3.05) is 18.4 Å². The third-order valence-electron chi connectivity index (χ3n) is 4.55. The van der Waals surface area contributed by atoms with E-state index in [4.69, 9.17) is 11.6 Å². The van der Waals surface area contributed by atoms with Gasteiger partial charge in [0, 0.05) is 31.6 Å². The zero-order valence-electron chi connectivity index (χ0n) is 15.9. The highest BCUT2D eigenvalue weighted by Crippen LogP contribution is 2.36. The zero-order chi connectivity index (χ0) is 21.6. The highest BCUT2D eigenvalue weighted by Gasteiger charge is 2.33. The summed E-state index contributed by atoms with van der Waals surface area (Å²) in [5.41, 5.74) is -1.12. The van der Waals surface area contributed by atoms with Gasteiger partial charge in [-0.1, -0.05) is 11.6 Å². The first-order valence-corrected chi connectivity index (χ1v) is 9.70. The maximum atomic E-state index is 12.9. The third kappa shape index (κ3) is 6.92. The second-order valence-corrected chi connectivity index (χ2v) is 7.32. The smallest absolute Gasteiger partial charge is 0.345 e. The average Bonchev–Trinajstić information content (AvgIpc) is 2.67. The largest absolute Gasteiger partial charge is 0.417 e. The van der Waals surface area contributed by atoms with Crippen molar-refractivity contribution in [1.82, 2.24) is 10.2 Å². The van der Waals surface area contributed by atoms with E-state index < -0.39 is 34.6 Å². The van der Waals surface area contributed by atoms with Gasteiger partial charge in [0.15, 0.2) is 0 Å². The molecule has 29 heavy (non-hydrogen) atoms. The van der Waals surface area contributed by atoms with Crippen molar-refractivity contribution >= 4 is 35.0 Å². The topological polar surface area (TPSA) is 78.5 Å². The van der Waals surface area contributed by atoms with E-state index in [-0.39, 0.29) is 24.4 Å². The number of amides is 3. The van der Waals surface area contributed by atoms with Crippen LogP contribution in [0.3, 0.4) is 0 Å². The van der Waals surface area contributed by atoms with E-state index >= 15 is 0 Å². The van der Waals surface area contributed by atoms with Crippen LogP contribution in [0.4, 0.5) is 18.9 Å². The van der Waals surface area contributed by atoms with Crippen LogP contribution in [-0.4, -0.2) is 41.8 Å². The summed E-state index contributed by atoms with van der Waals surface area (Å²) in [7, 11) is 0. The summed E-state index contributed by atoms with van der Waals surface area (Å²) in [6.45, 7) is 2.92. The fourth-order valence-corrected chi connectivity index (χ4v) is 3.26. The Kier molecular flexibility index (Phi) is 7.89. The Hall–Kier alpha value is -2.29. The van der Waals surface area contributed by atoms with Crippen LogP contribution >= 0.6 is 11.6 Å². The molecule has 0 aromatic heterocycles. The number of hydrogen-bond donors (Lipinski definition) is 2. The van der Waals surface area contributed by atoms with Crippen LogP contribution in [0.25, 0.3) is 0 Å². The number of carbonyl (C=O) groups excluding carboxylic acids is 3. The summed E-state index contributed by atoms with van der Waals surface area (Å²) in [5, 5.41) is 4.40. The molecule has 1 aromatic rings. The predicted molar refractivity (Wildman–Crippen MR) is 102 cm³/mol. The van der Waals surface area contributed by atoms with Crippen molar-refractivity contribution < 1.29 is 27.6 Å². The summed E-state index contributed by atoms with van der Waals surface area (Å²) in [5.74, 6) is -1.26. The number of hydrogen-bond acceptors (Lipinski definition) is 3. The molecule has 6 nitrogen and oxygen atoms in total. The van der Waals surface area contributed by atoms with E-state index in [9.17, 15) is 27.6 Å². The van der Waals surface area contributed by atoms with E-state index in [2.05, 4.69) is 10.6 Å². The van der Waals surface area contributed by atoms with E-state index in [0.29, 0.717) is 13.1 Å². The van der Waals surface area contributed by atoms with Crippen molar-refractivity contribution in [1.29, 1.82) is 0 Å². The van der Waals surface area contributed by atoms with E-state index in [1.165, 1.54) is 6.07 Å². The van der Waals surface area contributed by atoms with Crippen LogP contribution in [0.15, 0.2) is 18.2 Å². The third-order valence-corrected chi connectivity index (χ3v) is 4.88. The Labute approximate surface area is 171 Å². The molecule has 3 amide bonds. The Balaban J connectivity index is 1.81. The number of piperidine rings is 1. The number of carbonyl (C=O) groups is 3. The Morgan fingerprint density at radius 2 is 1.72 bits per heavy atom. The monoisotopic (exact) mass is 433 g/mol. The van der Waals surface area contributed by atoms with Gasteiger partial charge in [-0.05, 0) is 44.4 Å². The molecule has 2 rings (SSSR count). The van der Waals surface area contributed by atoms with Gasteiger partial charge in [0.2, 0.25) is 17.7 Å². The van der Waals surface area contributed by atoms with Gasteiger partial charge in [-0.3, -0.25) is 14.4 Å². The minimum atomic E-state index is -4.64. The minimum absolute atomic E-state index is 0.0687. The summed E-state index contributed by atoms with van der Waals surface area (Å²) >= 11 is 5.53. The number of benzene rings is 1.